The Morgan fingerprint density at radius 3 is 2.61 bits per heavy atom. The molecule has 0 aliphatic heterocycles. The highest BCUT2D eigenvalue weighted by molar-refractivity contribution is 7.89. The third-order valence-corrected chi connectivity index (χ3v) is 4.80. The van der Waals surface area contributed by atoms with Gasteiger partial charge >= 0.3 is 5.97 Å². The maximum atomic E-state index is 12.4. The number of nitrogens with one attached hydrogen (secondary N) is 1. The standard InChI is InChI=1S/C16H19NO5S/c1-3-12-6-4-5-7-13(12)14(9-15(18)19)17-23(20,21)16-8-11(2)10-22-16/h4-8,10,14,17H,3,9H2,1-2H3,(H,18,19). The summed E-state index contributed by atoms with van der Waals surface area (Å²) in [5.41, 5.74) is 2.23. The van der Waals surface area contributed by atoms with Crippen LogP contribution in [0.5, 0.6) is 0 Å². The fourth-order valence-electron chi connectivity index (χ4n) is 2.38. The molecule has 6 nitrogen and oxygen atoms in total. The first-order valence-electron chi connectivity index (χ1n) is 7.20. The van der Waals surface area contributed by atoms with Crippen LogP contribution in [0.15, 0.2) is 46.1 Å². The van der Waals surface area contributed by atoms with E-state index >= 15 is 0 Å². The van der Waals surface area contributed by atoms with Gasteiger partial charge in [-0.2, -0.15) is 0 Å². The zero-order chi connectivity index (χ0) is 17.0. The quantitative estimate of drug-likeness (QED) is 0.809. The van der Waals surface area contributed by atoms with E-state index in [1.54, 1.807) is 19.1 Å². The predicted octanol–water partition coefficient (Wildman–Crippen LogP) is 2.64. The molecule has 124 valence electrons. The van der Waals surface area contributed by atoms with Gasteiger partial charge < -0.3 is 9.52 Å². The van der Waals surface area contributed by atoms with Gasteiger partial charge in [0.2, 0.25) is 5.09 Å². The average molecular weight is 337 g/mol. The molecule has 0 amide bonds. The summed E-state index contributed by atoms with van der Waals surface area (Å²) >= 11 is 0. The van der Waals surface area contributed by atoms with Crippen LogP contribution in [0.3, 0.4) is 0 Å². The Balaban J connectivity index is 2.38. The summed E-state index contributed by atoms with van der Waals surface area (Å²) in [5.74, 6) is -1.08. The third kappa shape index (κ3) is 4.20. The lowest BCUT2D eigenvalue weighted by molar-refractivity contribution is -0.137. The third-order valence-electron chi connectivity index (χ3n) is 3.46. The van der Waals surface area contributed by atoms with E-state index in [0.29, 0.717) is 17.5 Å². The summed E-state index contributed by atoms with van der Waals surface area (Å²) in [6.07, 6.45) is 1.66. The molecule has 1 atom stereocenters. The molecule has 2 aromatic rings. The Hall–Kier alpha value is -2.12. The molecular formula is C16H19NO5S. The molecule has 0 bridgehead atoms. The van der Waals surface area contributed by atoms with Crippen molar-refractivity contribution in [1.29, 1.82) is 0 Å². The van der Waals surface area contributed by atoms with Crippen LogP contribution in [0.1, 0.15) is 36.1 Å². The molecule has 0 radical (unpaired) electrons. The summed E-state index contributed by atoms with van der Waals surface area (Å²) < 4.78 is 32.3. The molecular weight excluding hydrogens is 318 g/mol. The number of aryl methyl sites for hydroxylation is 2. The van der Waals surface area contributed by atoms with Crippen molar-refractivity contribution in [2.75, 3.05) is 0 Å². The second-order valence-electron chi connectivity index (χ2n) is 5.27. The molecule has 2 rings (SSSR count). The Morgan fingerprint density at radius 1 is 1.35 bits per heavy atom. The number of carboxylic acids is 1. The number of aliphatic carboxylic acids is 1. The van der Waals surface area contributed by atoms with Crippen molar-refractivity contribution in [1.82, 2.24) is 4.72 Å². The second-order valence-corrected chi connectivity index (χ2v) is 6.91. The Bertz CT molecular complexity index is 794. The van der Waals surface area contributed by atoms with E-state index in [2.05, 4.69) is 4.72 Å². The maximum Gasteiger partial charge on any atom is 0.305 e. The summed E-state index contributed by atoms with van der Waals surface area (Å²) in [6.45, 7) is 3.64. The predicted molar refractivity (Wildman–Crippen MR) is 84.6 cm³/mol. The summed E-state index contributed by atoms with van der Waals surface area (Å²) in [5, 5.41) is 8.90. The first-order chi connectivity index (χ1) is 10.8. The lowest BCUT2D eigenvalue weighted by Gasteiger charge is -2.19. The fourth-order valence-corrected chi connectivity index (χ4v) is 3.59. The minimum atomic E-state index is -3.94. The van der Waals surface area contributed by atoms with Crippen molar-refractivity contribution in [3.8, 4) is 0 Å². The van der Waals surface area contributed by atoms with Gasteiger partial charge in [0, 0.05) is 6.07 Å². The summed E-state index contributed by atoms with van der Waals surface area (Å²) in [6, 6.07) is 7.72. The van der Waals surface area contributed by atoms with Crippen molar-refractivity contribution >= 4 is 16.0 Å². The molecule has 1 aromatic heterocycles. The molecule has 0 saturated carbocycles. The number of benzene rings is 1. The zero-order valence-corrected chi connectivity index (χ0v) is 13.8. The molecule has 2 N–H and O–H groups in total. The molecule has 1 unspecified atom stereocenters. The first kappa shape index (κ1) is 17.2. The first-order valence-corrected chi connectivity index (χ1v) is 8.69. The largest absolute Gasteiger partial charge is 0.481 e. The molecule has 1 aromatic carbocycles. The van der Waals surface area contributed by atoms with Crippen LogP contribution in [0.4, 0.5) is 0 Å². The molecule has 1 heterocycles. The van der Waals surface area contributed by atoms with Gasteiger partial charge in [-0.3, -0.25) is 4.79 Å². The van der Waals surface area contributed by atoms with E-state index in [-0.39, 0.29) is 11.5 Å². The van der Waals surface area contributed by atoms with Crippen molar-refractivity contribution in [2.24, 2.45) is 0 Å². The number of carboxylic acid groups (broad SMARTS) is 1. The van der Waals surface area contributed by atoms with Gasteiger partial charge in [-0.25, -0.2) is 13.1 Å². The summed E-state index contributed by atoms with van der Waals surface area (Å²) in [7, 11) is -3.94. The molecule has 0 saturated heterocycles. The number of sulfonamides is 1. The monoisotopic (exact) mass is 337 g/mol. The number of furan rings is 1. The fraction of sp³-hybridized carbons (Fsp3) is 0.312. The van der Waals surface area contributed by atoms with Gasteiger partial charge in [0.1, 0.15) is 0 Å². The Morgan fingerprint density at radius 2 is 2.04 bits per heavy atom. The lowest BCUT2D eigenvalue weighted by atomic mass is 9.97. The smallest absolute Gasteiger partial charge is 0.305 e. The number of hydrogen-bond donors (Lipinski definition) is 2. The van der Waals surface area contributed by atoms with E-state index in [1.165, 1.54) is 12.3 Å². The van der Waals surface area contributed by atoms with Crippen LogP contribution in [-0.4, -0.2) is 19.5 Å². The average Bonchev–Trinajstić information content (AvgIpc) is 2.93. The topological polar surface area (TPSA) is 96.6 Å². The van der Waals surface area contributed by atoms with E-state index in [9.17, 15) is 13.2 Å². The van der Waals surface area contributed by atoms with Crippen LogP contribution in [0.2, 0.25) is 0 Å². The summed E-state index contributed by atoms with van der Waals surface area (Å²) in [4.78, 5) is 11.2. The van der Waals surface area contributed by atoms with E-state index in [1.807, 2.05) is 19.1 Å². The molecule has 23 heavy (non-hydrogen) atoms. The normalized spacial score (nSPS) is 13.0. The van der Waals surface area contributed by atoms with Crippen molar-refractivity contribution in [3.63, 3.8) is 0 Å². The van der Waals surface area contributed by atoms with Crippen LogP contribution in [0.25, 0.3) is 0 Å². The van der Waals surface area contributed by atoms with Crippen LogP contribution >= 0.6 is 0 Å². The number of hydrogen-bond acceptors (Lipinski definition) is 4. The highest BCUT2D eigenvalue weighted by Crippen LogP contribution is 2.25. The molecule has 0 aliphatic rings. The molecule has 7 heteroatoms. The van der Waals surface area contributed by atoms with Gasteiger partial charge in [-0.05, 0) is 30.0 Å². The minimum Gasteiger partial charge on any atom is -0.481 e. The van der Waals surface area contributed by atoms with E-state index < -0.39 is 22.0 Å². The minimum absolute atomic E-state index is 0.223. The lowest BCUT2D eigenvalue weighted by Crippen LogP contribution is -2.30. The Labute approximate surface area is 135 Å². The number of carbonyl (C=O) groups is 1. The van der Waals surface area contributed by atoms with E-state index in [0.717, 1.165) is 5.56 Å². The second kappa shape index (κ2) is 6.97. The van der Waals surface area contributed by atoms with Gasteiger partial charge in [0.05, 0.1) is 18.7 Å². The Kier molecular flexibility index (Phi) is 5.23. The zero-order valence-electron chi connectivity index (χ0n) is 12.9. The highest BCUT2D eigenvalue weighted by atomic mass is 32.2. The molecule has 0 aliphatic carbocycles. The van der Waals surface area contributed by atoms with Crippen LogP contribution in [-0.2, 0) is 21.2 Å². The van der Waals surface area contributed by atoms with Crippen LogP contribution < -0.4 is 4.72 Å². The van der Waals surface area contributed by atoms with Gasteiger partial charge in [0.15, 0.2) is 0 Å². The van der Waals surface area contributed by atoms with Gasteiger partial charge in [-0.15, -0.1) is 0 Å². The SMILES string of the molecule is CCc1ccccc1C(CC(=O)O)NS(=O)(=O)c1cc(C)co1. The number of rotatable bonds is 7. The highest BCUT2D eigenvalue weighted by Gasteiger charge is 2.27. The van der Waals surface area contributed by atoms with Gasteiger partial charge in [-0.1, -0.05) is 31.2 Å². The van der Waals surface area contributed by atoms with Crippen molar-refractivity contribution in [2.45, 2.75) is 37.8 Å². The molecule has 0 fully saturated rings. The maximum absolute atomic E-state index is 12.4. The van der Waals surface area contributed by atoms with Crippen molar-refractivity contribution < 1.29 is 22.7 Å². The molecule has 0 spiro atoms. The van der Waals surface area contributed by atoms with Crippen LogP contribution in [0, 0.1) is 6.92 Å². The van der Waals surface area contributed by atoms with E-state index in [4.69, 9.17) is 9.52 Å². The van der Waals surface area contributed by atoms with Crippen molar-refractivity contribution in [3.05, 3.63) is 53.3 Å². The van der Waals surface area contributed by atoms with Gasteiger partial charge in [0.25, 0.3) is 10.0 Å².